The normalized spacial score (nSPS) is 19.1. The fourth-order valence-corrected chi connectivity index (χ4v) is 2.50. The maximum Gasteiger partial charge on any atom is 1.00 e. The molecule has 0 N–H and O–H groups in total. The van der Waals surface area contributed by atoms with Crippen LogP contribution in [0.15, 0.2) is 42.7 Å². The first-order valence-electron chi connectivity index (χ1n) is 6.11. The summed E-state index contributed by atoms with van der Waals surface area (Å²) in [5.74, 6) is 0.582. The van der Waals surface area contributed by atoms with Gasteiger partial charge in [0.05, 0.1) is 0 Å². The summed E-state index contributed by atoms with van der Waals surface area (Å²) in [5.41, 5.74) is 2.86. The van der Waals surface area contributed by atoms with Crippen LogP contribution in [0, 0.1) is 6.67 Å². The third kappa shape index (κ3) is 3.67. The van der Waals surface area contributed by atoms with Gasteiger partial charge in [-0.25, -0.2) is 0 Å². The van der Waals surface area contributed by atoms with Crippen molar-refractivity contribution in [1.29, 1.82) is 0 Å². The first-order valence-corrected chi connectivity index (χ1v) is 6.11. The van der Waals surface area contributed by atoms with E-state index in [4.69, 9.17) is 0 Å². The molecule has 1 aliphatic heterocycles. The number of rotatable bonds is 3. The van der Waals surface area contributed by atoms with Gasteiger partial charge in [-0.05, 0) is 17.5 Å². The quantitative estimate of drug-likeness (QED) is 0.695. The third-order valence-electron chi connectivity index (χ3n) is 3.43. The molecule has 19 heavy (non-hydrogen) atoms. The van der Waals surface area contributed by atoms with E-state index in [2.05, 4.69) is 72.3 Å². The van der Waals surface area contributed by atoms with Crippen molar-refractivity contribution in [3.63, 3.8) is 0 Å². The molecule has 2 aliphatic rings. The summed E-state index contributed by atoms with van der Waals surface area (Å²) in [6.07, 6.45) is 9.95. The standard InChI is InChI=1S/C15H17N2.Ag.ClH/c1-16-10-11-17(12-16)9-8-14-7-6-13-4-2-3-5-15(13)14;;/h2-7,10-12,14H,8-9H2,1H3;;1H/q;+1;/p-1. The van der Waals surface area contributed by atoms with Crippen LogP contribution >= 0.6 is 0 Å². The Balaban J connectivity index is 0.000000902. The molecule has 0 saturated carbocycles. The fourth-order valence-electron chi connectivity index (χ4n) is 2.50. The molecule has 4 heteroatoms. The Morgan fingerprint density at radius 1 is 1.16 bits per heavy atom. The summed E-state index contributed by atoms with van der Waals surface area (Å²) < 4.78 is 0. The number of halogens is 1. The van der Waals surface area contributed by atoms with E-state index in [-0.39, 0.29) is 34.8 Å². The van der Waals surface area contributed by atoms with Crippen LogP contribution in [-0.2, 0) is 22.4 Å². The molecule has 1 aromatic carbocycles. The number of fused-ring (bicyclic) bond motifs is 1. The molecule has 3 rings (SSSR count). The minimum Gasteiger partial charge on any atom is -1.00 e. The molecule has 0 bridgehead atoms. The van der Waals surface area contributed by atoms with Gasteiger partial charge >= 0.3 is 22.4 Å². The number of hydrogen-bond donors (Lipinski definition) is 0. The number of benzene rings is 1. The Bertz CT molecular complexity index is 473. The molecule has 1 unspecified atom stereocenters. The van der Waals surface area contributed by atoms with Crippen molar-refractivity contribution in [3.05, 3.63) is 60.5 Å². The van der Waals surface area contributed by atoms with E-state index in [9.17, 15) is 0 Å². The largest absolute Gasteiger partial charge is 1.00 e. The second-order valence-electron chi connectivity index (χ2n) is 4.70. The van der Waals surface area contributed by atoms with Crippen molar-refractivity contribution in [2.45, 2.75) is 12.3 Å². The maximum absolute atomic E-state index is 2.33. The second-order valence-corrected chi connectivity index (χ2v) is 4.70. The van der Waals surface area contributed by atoms with E-state index < -0.39 is 0 Å². The molecule has 0 aromatic heterocycles. The van der Waals surface area contributed by atoms with Crippen molar-refractivity contribution in [2.24, 2.45) is 0 Å². The molecule has 1 aliphatic carbocycles. The molecule has 1 atom stereocenters. The predicted molar refractivity (Wildman–Crippen MR) is 70.7 cm³/mol. The van der Waals surface area contributed by atoms with Crippen LogP contribution in [0.1, 0.15) is 23.5 Å². The Hall–Kier alpha value is -0.670. The summed E-state index contributed by atoms with van der Waals surface area (Å²) in [6, 6.07) is 8.68. The number of hydrogen-bond acceptors (Lipinski definition) is 2. The monoisotopic (exact) mass is 367 g/mol. The van der Waals surface area contributed by atoms with E-state index in [1.165, 1.54) is 17.5 Å². The Labute approximate surface area is 137 Å². The average molecular weight is 369 g/mol. The van der Waals surface area contributed by atoms with Gasteiger partial charge in [0.2, 0.25) is 0 Å². The zero-order valence-electron chi connectivity index (χ0n) is 10.8. The second kappa shape index (κ2) is 7.20. The Morgan fingerprint density at radius 2 is 1.95 bits per heavy atom. The first-order chi connectivity index (χ1) is 8.33. The van der Waals surface area contributed by atoms with Crippen molar-refractivity contribution in [2.75, 3.05) is 13.6 Å². The molecule has 0 spiro atoms. The number of allylic oxidation sites excluding steroid dienone is 1. The molecule has 1 heterocycles. The number of nitrogens with zero attached hydrogens (tertiary/aromatic N) is 2. The van der Waals surface area contributed by atoms with Gasteiger partial charge in [0.25, 0.3) is 0 Å². The Kier molecular flexibility index (Phi) is 6.21. The van der Waals surface area contributed by atoms with Crippen LogP contribution in [0.5, 0.6) is 0 Å². The van der Waals surface area contributed by atoms with Crippen molar-refractivity contribution >= 4 is 6.08 Å². The predicted octanol–water partition coefficient (Wildman–Crippen LogP) is 0.0265. The molecule has 1 aromatic rings. The van der Waals surface area contributed by atoms with Crippen molar-refractivity contribution in [1.82, 2.24) is 9.80 Å². The van der Waals surface area contributed by atoms with E-state index >= 15 is 0 Å². The van der Waals surface area contributed by atoms with Crippen LogP contribution < -0.4 is 12.4 Å². The van der Waals surface area contributed by atoms with Gasteiger partial charge in [-0.3, -0.25) is 0 Å². The zero-order chi connectivity index (χ0) is 11.7. The van der Waals surface area contributed by atoms with E-state index in [1.807, 2.05) is 0 Å². The van der Waals surface area contributed by atoms with Crippen LogP contribution in [0.3, 0.4) is 0 Å². The molecule has 0 fully saturated rings. The molecule has 105 valence electrons. The van der Waals surface area contributed by atoms with Crippen molar-refractivity contribution in [3.8, 4) is 0 Å². The van der Waals surface area contributed by atoms with Crippen LogP contribution in [-0.4, -0.2) is 23.4 Å². The molecular weight excluding hydrogens is 351 g/mol. The van der Waals surface area contributed by atoms with E-state index in [1.54, 1.807) is 0 Å². The van der Waals surface area contributed by atoms with Crippen LogP contribution in [0.25, 0.3) is 6.08 Å². The summed E-state index contributed by atoms with van der Waals surface area (Å²) in [7, 11) is 2.06. The van der Waals surface area contributed by atoms with Crippen molar-refractivity contribution < 1.29 is 34.8 Å². The van der Waals surface area contributed by atoms with Gasteiger partial charge in [-0.15, -0.1) is 0 Å². The van der Waals surface area contributed by atoms with Gasteiger partial charge < -0.3 is 22.2 Å². The Morgan fingerprint density at radius 3 is 2.68 bits per heavy atom. The average Bonchev–Trinajstić information content (AvgIpc) is 2.93. The van der Waals surface area contributed by atoms with Gasteiger partial charge in [0.15, 0.2) is 0 Å². The molecule has 0 amide bonds. The van der Waals surface area contributed by atoms with Gasteiger partial charge in [-0.1, -0.05) is 36.4 Å². The SMILES string of the molecule is CN1[CH]N(CCC2C=Cc3ccccc32)C=C1.[Ag+].[Cl-]. The zero-order valence-corrected chi connectivity index (χ0v) is 13.0. The van der Waals surface area contributed by atoms with Crippen LogP contribution in [0.4, 0.5) is 0 Å². The summed E-state index contributed by atoms with van der Waals surface area (Å²) in [6.45, 7) is 3.20. The first kappa shape index (κ1) is 16.4. The van der Waals surface area contributed by atoms with E-state index in [0.29, 0.717) is 5.92 Å². The summed E-state index contributed by atoms with van der Waals surface area (Å²) in [5, 5.41) is 0. The topological polar surface area (TPSA) is 6.48 Å². The smallest absolute Gasteiger partial charge is 1.00 e. The fraction of sp³-hybridized carbons (Fsp3) is 0.267. The van der Waals surface area contributed by atoms with Gasteiger partial charge in [-0.2, -0.15) is 0 Å². The minimum atomic E-state index is 0. The van der Waals surface area contributed by atoms with Gasteiger partial charge in [0.1, 0.15) is 6.67 Å². The third-order valence-corrected chi connectivity index (χ3v) is 3.43. The molecule has 2 nitrogen and oxygen atoms in total. The molecular formula is C15H17AgClN2. The molecule has 1 radical (unpaired) electrons. The summed E-state index contributed by atoms with van der Waals surface area (Å²) >= 11 is 0. The molecule has 0 saturated heterocycles. The van der Waals surface area contributed by atoms with Gasteiger partial charge in [0, 0.05) is 31.9 Å². The van der Waals surface area contributed by atoms with Crippen LogP contribution in [0.2, 0.25) is 0 Å². The maximum atomic E-state index is 2.33. The minimum absolute atomic E-state index is 0. The van der Waals surface area contributed by atoms with E-state index in [0.717, 1.165) is 6.54 Å². The summed E-state index contributed by atoms with van der Waals surface area (Å²) in [4.78, 5) is 4.33.